The fourth-order valence-corrected chi connectivity index (χ4v) is 3.96. The van der Waals surface area contributed by atoms with Gasteiger partial charge in [0.1, 0.15) is 12.4 Å². The Balaban J connectivity index is 1.66. The van der Waals surface area contributed by atoms with E-state index >= 15 is 0 Å². The first-order chi connectivity index (χ1) is 12.5. The van der Waals surface area contributed by atoms with E-state index in [9.17, 15) is 14.7 Å². The predicted octanol–water partition coefficient (Wildman–Crippen LogP) is 3.55. The highest BCUT2D eigenvalue weighted by atomic mass is 32.1. The van der Waals surface area contributed by atoms with Crippen LogP contribution in [0.5, 0.6) is 5.75 Å². The molecule has 0 radical (unpaired) electrons. The van der Waals surface area contributed by atoms with Gasteiger partial charge in [-0.15, -0.1) is 11.3 Å². The zero-order chi connectivity index (χ0) is 18.6. The van der Waals surface area contributed by atoms with Crippen molar-refractivity contribution >= 4 is 23.2 Å². The maximum atomic E-state index is 12.6. The largest absolute Gasteiger partial charge is 0.487 e. The molecule has 0 aliphatic heterocycles. The second-order valence-corrected chi connectivity index (χ2v) is 7.75. The topological polar surface area (TPSA) is 88.5 Å². The highest BCUT2D eigenvalue weighted by Gasteiger charge is 2.37. The SMILES string of the molecule is Cc1nc(COc2cccc(C(=O)NC3(CC(=O)O)CCCC3)c2)cs1. The first-order valence-electron chi connectivity index (χ1n) is 8.64. The van der Waals surface area contributed by atoms with E-state index in [4.69, 9.17) is 4.74 Å². The van der Waals surface area contributed by atoms with E-state index in [0.29, 0.717) is 30.8 Å². The van der Waals surface area contributed by atoms with Gasteiger partial charge in [0.05, 0.1) is 22.7 Å². The summed E-state index contributed by atoms with van der Waals surface area (Å²) >= 11 is 1.57. The van der Waals surface area contributed by atoms with Crippen LogP contribution in [0.1, 0.15) is 53.2 Å². The van der Waals surface area contributed by atoms with Crippen molar-refractivity contribution in [1.29, 1.82) is 0 Å². The van der Waals surface area contributed by atoms with Gasteiger partial charge in [0.2, 0.25) is 0 Å². The molecule has 1 saturated carbocycles. The number of carbonyl (C=O) groups excluding carboxylic acids is 1. The molecule has 1 aromatic carbocycles. The molecule has 26 heavy (non-hydrogen) atoms. The minimum absolute atomic E-state index is 0.0435. The lowest BCUT2D eigenvalue weighted by Crippen LogP contribution is -2.47. The number of aliphatic carboxylic acids is 1. The first-order valence-corrected chi connectivity index (χ1v) is 9.52. The monoisotopic (exact) mass is 374 g/mol. The van der Waals surface area contributed by atoms with Crippen LogP contribution in [0.25, 0.3) is 0 Å². The van der Waals surface area contributed by atoms with Crippen LogP contribution in [0.3, 0.4) is 0 Å². The van der Waals surface area contributed by atoms with E-state index in [1.165, 1.54) is 0 Å². The van der Waals surface area contributed by atoms with Crippen molar-refractivity contribution in [2.45, 2.75) is 51.2 Å². The lowest BCUT2D eigenvalue weighted by Gasteiger charge is -2.28. The summed E-state index contributed by atoms with van der Waals surface area (Å²) in [6.45, 7) is 2.29. The molecule has 1 fully saturated rings. The molecule has 2 aromatic rings. The predicted molar refractivity (Wildman–Crippen MR) is 98.5 cm³/mol. The number of carbonyl (C=O) groups is 2. The van der Waals surface area contributed by atoms with Gasteiger partial charge in [0.25, 0.3) is 5.91 Å². The second-order valence-electron chi connectivity index (χ2n) is 6.69. The maximum Gasteiger partial charge on any atom is 0.305 e. The number of thiazole rings is 1. The third-order valence-electron chi connectivity index (χ3n) is 4.58. The molecule has 3 rings (SSSR count). The van der Waals surface area contributed by atoms with Crippen LogP contribution in [0.4, 0.5) is 0 Å². The smallest absolute Gasteiger partial charge is 0.305 e. The fourth-order valence-electron chi connectivity index (χ4n) is 3.36. The number of amides is 1. The third-order valence-corrected chi connectivity index (χ3v) is 5.40. The molecule has 138 valence electrons. The van der Waals surface area contributed by atoms with E-state index in [0.717, 1.165) is 23.5 Å². The van der Waals surface area contributed by atoms with Crippen molar-refractivity contribution in [3.05, 3.63) is 45.9 Å². The Bertz CT molecular complexity index is 796. The Kier molecular flexibility index (Phi) is 5.56. The number of nitrogens with one attached hydrogen (secondary N) is 1. The summed E-state index contributed by atoms with van der Waals surface area (Å²) in [4.78, 5) is 28.2. The van der Waals surface area contributed by atoms with Gasteiger partial charge >= 0.3 is 5.97 Å². The van der Waals surface area contributed by atoms with Gasteiger partial charge in [-0.05, 0) is 38.0 Å². The molecule has 0 unspecified atom stereocenters. The third kappa shape index (κ3) is 4.60. The molecular weight excluding hydrogens is 352 g/mol. The molecule has 1 aliphatic carbocycles. The van der Waals surface area contributed by atoms with Crippen molar-refractivity contribution in [2.24, 2.45) is 0 Å². The lowest BCUT2D eigenvalue weighted by atomic mass is 9.92. The number of benzene rings is 1. The van der Waals surface area contributed by atoms with E-state index in [2.05, 4.69) is 10.3 Å². The van der Waals surface area contributed by atoms with Crippen molar-refractivity contribution < 1.29 is 19.4 Å². The fraction of sp³-hybridized carbons (Fsp3) is 0.421. The molecule has 0 spiro atoms. The van der Waals surface area contributed by atoms with Gasteiger partial charge in [-0.2, -0.15) is 0 Å². The number of nitrogens with zero attached hydrogens (tertiary/aromatic N) is 1. The molecule has 2 N–H and O–H groups in total. The summed E-state index contributed by atoms with van der Waals surface area (Å²) < 4.78 is 5.73. The van der Waals surface area contributed by atoms with Crippen LogP contribution in [-0.2, 0) is 11.4 Å². The normalized spacial score (nSPS) is 15.6. The van der Waals surface area contributed by atoms with Gasteiger partial charge in [-0.3, -0.25) is 9.59 Å². The van der Waals surface area contributed by atoms with Crippen molar-refractivity contribution in [3.63, 3.8) is 0 Å². The number of rotatable bonds is 7. The first kappa shape index (κ1) is 18.4. The van der Waals surface area contributed by atoms with Crippen molar-refractivity contribution in [1.82, 2.24) is 10.3 Å². The zero-order valence-corrected chi connectivity index (χ0v) is 15.5. The molecule has 0 saturated heterocycles. The van der Waals surface area contributed by atoms with Gasteiger partial charge in [0, 0.05) is 10.9 Å². The quantitative estimate of drug-likeness (QED) is 0.774. The number of aryl methyl sites for hydroxylation is 1. The summed E-state index contributed by atoms with van der Waals surface area (Å²) in [6, 6.07) is 6.93. The summed E-state index contributed by atoms with van der Waals surface area (Å²) in [5.74, 6) is -0.562. The molecular formula is C19H22N2O4S. The van der Waals surface area contributed by atoms with Crippen LogP contribution < -0.4 is 10.1 Å². The van der Waals surface area contributed by atoms with E-state index < -0.39 is 11.5 Å². The molecule has 0 bridgehead atoms. The van der Waals surface area contributed by atoms with Crippen LogP contribution in [0.2, 0.25) is 0 Å². The average molecular weight is 374 g/mol. The average Bonchev–Trinajstić information content (AvgIpc) is 3.22. The van der Waals surface area contributed by atoms with Crippen LogP contribution >= 0.6 is 11.3 Å². The Labute approximate surface area is 156 Å². The number of hydrogen-bond donors (Lipinski definition) is 2. The molecule has 7 heteroatoms. The number of carboxylic acid groups (broad SMARTS) is 1. The molecule has 1 aromatic heterocycles. The van der Waals surface area contributed by atoms with E-state index in [1.807, 2.05) is 12.3 Å². The zero-order valence-electron chi connectivity index (χ0n) is 14.7. The Morgan fingerprint density at radius 3 is 2.77 bits per heavy atom. The lowest BCUT2D eigenvalue weighted by molar-refractivity contribution is -0.138. The summed E-state index contributed by atoms with van der Waals surface area (Å²) in [5, 5.41) is 15.1. The maximum absolute atomic E-state index is 12.6. The number of carboxylic acids is 1. The molecule has 6 nitrogen and oxygen atoms in total. The number of ether oxygens (including phenoxy) is 1. The Morgan fingerprint density at radius 1 is 1.35 bits per heavy atom. The number of hydrogen-bond acceptors (Lipinski definition) is 5. The molecule has 0 atom stereocenters. The minimum atomic E-state index is -0.886. The van der Waals surface area contributed by atoms with Gasteiger partial charge < -0.3 is 15.2 Å². The van der Waals surface area contributed by atoms with Crippen LogP contribution in [0.15, 0.2) is 29.6 Å². The van der Waals surface area contributed by atoms with Gasteiger partial charge in [-0.1, -0.05) is 18.9 Å². The highest BCUT2D eigenvalue weighted by Crippen LogP contribution is 2.33. The Morgan fingerprint density at radius 2 is 2.12 bits per heavy atom. The Hall–Kier alpha value is -2.41. The minimum Gasteiger partial charge on any atom is -0.487 e. The number of aromatic nitrogens is 1. The van der Waals surface area contributed by atoms with Gasteiger partial charge in [0.15, 0.2) is 0 Å². The van der Waals surface area contributed by atoms with Gasteiger partial charge in [-0.25, -0.2) is 4.98 Å². The summed E-state index contributed by atoms with van der Waals surface area (Å²) in [6.07, 6.45) is 3.22. The van der Waals surface area contributed by atoms with E-state index in [-0.39, 0.29) is 12.3 Å². The van der Waals surface area contributed by atoms with Crippen LogP contribution in [0, 0.1) is 6.92 Å². The molecule has 1 aliphatic rings. The summed E-state index contributed by atoms with van der Waals surface area (Å²) in [7, 11) is 0. The van der Waals surface area contributed by atoms with Crippen molar-refractivity contribution in [3.8, 4) is 5.75 Å². The second kappa shape index (κ2) is 7.86. The van der Waals surface area contributed by atoms with Crippen molar-refractivity contribution in [2.75, 3.05) is 0 Å². The standard InChI is InChI=1S/C19H22N2O4S/c1-13-20-15(12-26-13)11-25-16-6-4-5-14(9-16)18(24)21-19(10-17(22)23)7-2-3-8-19/h4-6,9,12H,2-3,7-8,10-11H2,1H3,(H,21,24)(H,22,23). The summed E-state index contributed by atoms with van der Waals surface area (Å²) in [5.41, 5.74) is 0.681. The van der Waals surface area contributed by atoms with Crippen LogP contribution in [-0.4, -0.2) is 27.5 Å². The molecule has 1 heterocycles. The highest BCUT2D eigenvalue weighted by molar-refractivity contribution is 7.09. The van der Waals surface area contributed by atoms with E-state index in [1.54, 1.807) is 35.6 Å². The molecule has 1 amide bonds.